The first-order chi connectivity index (χ1) is 11.5. The molecule has 0 heterocycles. The smallest absolute Gasteiger partial charge is 0.170 e. The minimum absolute atomic E-state index is 0.0977. The van der Waals surface area contributed by atoms with Gasteiger partial charge < -0.3 is 20.3 Å². The average molecular weight is 347 g/mol. The van der Waals surface area contributed by atoms with Gasteiger partial charge in [0.1, 0.15) is 11.6 Å². The average Bonchev–Trinajstić information content (AvgIpc) is 2.57. The third kappa shape index (κ3) is 4.91. The standard InChI is InChI=1S/C18H22FN3OS/c1-22(2)17(13-7-6-8-14(11-13)23-3)12-20-18(24)21-16-10-5-4-9-15(16)19/h4-11,17H,12H2,1-3H3,(H2,20,21,24)/t17-/m0/s1. The van der Waals surface area contributed by atoms with Crippen LogP contribution in [0.1, 0.15) is 11.6 Å². The highest BCUT2D eigenvalue weighted by atomic mass is 32.1. The van der Waals surface area contributed by atoms with E-state index >= 15 is 0 Å². The van der Waals surface area contributed by atoms with Crippen LogP contribution in [0.5, 0.6) is 5.75 Å². The summed E-state index contributed by atoms with van der Waals surface area (Å²) in [6.07, 6.45) is 0. The minimum Gasteiger partial charge on any atom is -0.497 e. The number of para-hydroxylation sites is 1. The summed E-state index contributed by atoms with van der Waals surface area (Å²) in [6.45, 7) is 0.584. The Labute approximate surface area is 147 Å². The second-order valence-corrected chi connectivity index (χ2v) is 5.98. The molecule has 0 saturated heterocycles. The molecule has 4 nitrogen and oxygen atoms in total. The van der Waals surface area contributed by atoms with E-state index < -0.39 is 0 Å². The summed E-state index contributed by atoms with van der Waals surface area (Å²) in [5, 5.41) is 6.41. The summed E-state index contributed by atoms with van der Waals surface area (Å²) >= 11 is 5.27. The molecule has 6 heteroatoms. The van der Waals surface area contributed by atoms with E-state index in [9.17, 15) is 4.39 Å². The molecule has 24 heavy (non-hydrogen) atoms. The molecule has 0 amide bonds. The maximum absolute atomic E-state index is 13.7. The quantitative estimate of drug-likeness (QED) is 0.783. The lowest BCUT2D eigenvalue weighted by Gasteiger charge is -2.26. The lowest BCUT2D eigenvalue weighted by atomic mass is 10.1. The molecule has 0 radical (unpaired) electrons. The van der Waals surface area contributed by atoms with Gasteiger partial charge in [0.15, 0.2) is 5.11 Å². The van der Waals surface area contributed by atoms with E-state index in [2.05, 4.69) is 15.5 Å². The topological polar surface area (TPSA) is 36.5 Å². The summed E-state index contributed by atoms with van der Waals surface area (Å²) in [7, 11) is 5.65. The molecule has 2 N–H and O–H groups in total. The molecule has 0 bridgehead atoms. The van der Waals surface area contributed by atoms with Gasteiger partial charge in [-0.1, -0.05) is 24.3 Å². The molecule has 2 rings (SSSR count). The highest BCUT2D eigenvalue weighted by Gasteiger charge is 2.15. The molecule has 0 fully saturated rings. The van der Waals surface area contributed by atoms with Crippen LogP contribution in [0.3, 0.4) is 0 Å². The van der Waals surface area contributed by atoms with Crippen molar-refractivity contribution in [2.75, 3.05) is 33.1 Å². The molecule has 2 aromatic rings. The van der Waals surface area contributed by atoms with Crippen molar-refractivity contribution >= 4 is 23.0 Å². The minimum atomic E-state index is -0.335. The number of anilines is 1. The Balaban J connectivity index is 2.01. The van der Waals surface area contributed by atoms with Crippen molar-refractivity contribution in [3.8, 4) is 5.75 Å². The van der Waals surface area contributed by atoms with Crippen molar-refractivity contribution in [2.45, 2.75) is 6.04 Å². The second-order valence-electron chi connectivity index (χ2n) is 5.57. The monoisotopic (exact) mass is 347 g/mol. The predicted octanol–water partition coefficient (Wildman–Crippen LogP) is 3.42. The van der Waals surface area contributed by atoms with Gasteiger partial charge in [-0.05, 0) is 56.1 Å². The first-order valence-corrected chi connectivity index (χ1v) is 8.02. The van der Waals surface area contributed by atoms with E-state index in [0.29, 0.717) is 17.3 Å². The number of nitrogens with one attached hydrogen (secondary N) is 2. The lowest BCUT2D eigenvalue weighted by molar-refractivity contribution is 0.298. The summed E-state index contributed by atoms with van der Waals surface area (Å²) < 4.78 is 18.9. The van der Waals surface area contributed by atoms with Crippen LogP contribution in [0.15, 0.2) is 48.5 Å². The molecule has 2 aromatic carbocycles. The Bertz CT molecular complexity index is 693. The van der Waals surface area contributed by atoms with E-state index in [1.165, 1.54) is 6.07 Å². The van der Waals surface area contributed by atoms with E-state index in [4.69, 9.17) is 17.0 Å². The fourth-order valence-electron chi connectivity index (χ4n) is 2.37. The molecule has 0 saturated carbocycles. The number of hydrogen-bond acceptors (Lipinski definition) is 3. The van der Waals surface area contributed by atoms with Gasteiger partial charge in [-0.2, -0.15) is 0 Å². The fourth-order valence-corrected chi connectivity index (χ4v) is 2.56. The molecule has 1 atom stereocenters. The zero-order valence-corrected chi connectivity index (χ0v) is 14.9. The Hall–Kier alpha value is -2.18. The van der Waals surface area contributed by atoms with E-state index in [1.807, 2.05) is 38.4 Å². The first-order valence-electron chi connectivity index (χ1n) is 7.61. The van der Waals surface area contributed by atoms with Gasteiger partial charge in [0, 0.05) is 6.54 Å². The van der Waals surface area contributed by atoms with Crippen molar-refractivity contribution < 1.29 is 9.13 Å². The molecule has 0 aliphatic heterocycles. The van der Waals surface area contributed by atoms with Crippen LogP contribution < -0.4 is 15.4 Å². The van der Waals surface area contributed by atoms with E-state index in [1.54, 1.807) is 25.3 Å². The van der Waals surface area contributed by atoms with Crippen LogP contribution in [0.25, 0.3) is 0 Å². The van der Waals surface area contributed by atoms with E-state index in [-0.39, 0.29) is 11.9 Å². The van der Waals surface area contributed by atoms with Crippen LogP contribution in [-0.4, -0.2) is 37.8 Å². The third-order valence-electron chi connectivity index (χ3n) is 3.68. The van der Waals surface area contributed by atoms with Crippen LogP contribution >= 0.6 is 12.2 Å². The summed E-state index contributed by atoms with van der Waals surface area (Å²) in [5.74, 6) is 0.477. The van der Waals surface area contributed by atoms with Crippen LogP contribution in [-0.2, 0) is 0 Å². The number of thiocarbonyl (C=S) groups is 1. The normalized spacial score (nSPS) is 11.9. The summed E-state index contributed by atoms with van der Waals surface area (Å²) in [4.78, 5) is 2.09. The Kier molecular flexibility index (Phi) is 6.52. The molecule has 0 aliphatic rings. The summed E-state index contributed by atoms with van der Waals surface area (Å²) in [6, 6.07) is 14.4. The van der Waals surface area contributed by atoms with Gasteiger partial charge in [-0.25, -0.2) is 4.39 Å². The lowest BCUT2D eigenvalue weighted by Crippen LogP contribution is -2.36. The number of ether oxygens (including phenoxy) is 1. The largest absolute Gasteiger partial charge is 0.497 e. The molecule has 0 aromatic heterocycles. The number of benzene rings is 2. The molecule has 0 spiro atoms. The molecular weight excluding hydrogens is 325 g/mol. The van der Waals surface area contributed by atoms with Crippen LogP contribution in [0, 0.1) is 5.82 Å². The van der Waals surface area contributed by atoms with Gasteiger partial charge in [-0.15, -0.1) is 0 Å². The number of hydrogen-bond donors (Lipinski definition) is 2. The number of halogens is 1. The maximum atomic E-state index is 13.7. The molecule has 0 aliphatic carbocycles. The summed E-state index contributed by atoms with van der Waals surface area (Å²) in [5.41, 5.74) is 1.47. The van der Waals surface area contributed by atoms with Crippen LogP contribution in [0.2, 0.25) is 0 Å². The van der Waals surface area contributed by atoms with Gasteiger partial charge in [0.05, 0.1) is 18.8 Å². The second kappa shape index (κ2) is 8.61. The van der Waals surface area contributed by atoms with Gasteiger partial charge in [0.2, 0.25) is 0 Å². The predicted molar refractivity (Wildman–Crippen MR) is 100 cm³/mol. The SMILES string of the molecule is COc1cccc([C@H](CNC(=S)Nc2ccccc2F)N(C)C)c1. The maximum Gasteiger partial charge on any atom is 0.170 e. The Morgan fingerprint density at radius 1 is 1.21 bits per heavy atom. The van der Waals surface area contributed by atoms with Crippen molar-refractivity contribution in [2.24, 2.45) is 0 Å². The van der Waals surface area contributed by atoms with Crippen molar-refractivity contribution in [1.82, 2.24) is 10.2 Å². The third-order valence-corrected chi connectivity index (χ3v) is 3.93. The molecule has 128 valence electrons. The first kappa shape index (κ1) is 18.2. The van der Waals surface area contributed by atoms with Gasteiger partial charge in [-0.3, -0.25) is 0 Å². The number of rotatable bonds is 6. The van der Waals surface area contributed by atoms with Crippen LogP contribution in [0.4, 0.5) is 10.1 Å². The van der Waals surface area contributed by atoms with Crippen molar-refractivity contribution in [1.29, 1.82) is 0 Å². The molecule has 0 unspecified atom stereocenters. The number of likely N-dealkylation sites (N-methyl/N-ethyl adjacent to an activating group) is 1. The highest BCUT2D eigenvalue weighted by Crippen LogP contribution is 2.22. The van der Waals surface area contributed by atoms with E-state index in [0.717, 1.165) is 11.3 Å². The highest BCUT2D eigenvalue weighted by molar-refractivity contribution is 7.80. The zero-order chi connectivity index (χ0) is 17.5. The van der Waals surface area contributed by atoms with Gasteiger partial charge in [0.25, 0.3) is 0 Å². The number of nitrogens with zero attached hydrogens (tertiary/aromatic N) is 1. The fraction of sp³-hybridized carbons (Fsp3) is 0.278. The Morgan fingerprint density at radius 3 is 2.62 bits per heavy atom. The molecular formula is C18H22FN3OS. The van der Waals surface area contributed by atoms with Crippen molar-refractivity contribution in [3.63, 3.8) is 0 Å². The number of methoxy groups -OCH3 is 1. The Morgan fingerprint density at radius 2 is 1.96 bits per heavy atom. The zero-order valence-electron chi connectivity index (χ0n) is 14.0. The van der Waals surface area contributed by atoms with Crippen molar-refractivity contribution in [3.05, 3.63) is 59.9 Å². The van der Waals surface area contributed by atoms with Gasteiger partial charge >= 0.3 is 0 Å².